The van der Waals surface area contributed by atoms with Crippen LogP contribution in [0.3, 0.4) is 0 Å². The third kappa shape index (κ3) is 5.25. The molecule has 0 amide bonds. The molecule has 0 saturated carbocycles. The van der Waals surface area contributed by atoms with Gasteiger partial charge in [-0.15, -0.1) is 0 Å². The number of hydrogen-bond donors (Lipinski definition) is 0. The molecule has 0 unspecified atom stereocenters. The van der Waals surface area contributed by atoms with Crippen LogP contribution < -0.4 is 4.90 Å². The molecule has 3 nitrogen and oxygen atoms in total. The van der Waals surface area contributed by atoms with Gasteiger partial charge in [0.05, 0.1) is 16.8 Å². The van der Waals surface area contributed by atoms with Crippen LogP contribution in [0.1, 0.15) is 84.0 Å². The Morgan fingerprint density at radius 3 is 1.56 bits per heavy atom. The summed E-state index contributed by atoms with van der Waals surface area (Å²) in [4.78, 5) is 2.42. The van der Waals surface area contributed by atoms with E-state index in [1.54, 1.807) is 0 Å². The zero-order chi connectivity index (χ0) is 35.7. The number of benzene rings is 6. The summed E-state index contributed by atoms with van der Waals surface area (Å²) in [5.41, 5.74) is 15.1. The monoisotopic (exact) mass is 671 g/mol. The molecule has 0 atom stereocenters. The quantitative estimate of drug-likeness (QED) is 0.151. The SMILES string of the molecule is CCCCc1cc(CCCC)cc(-c2cccc(N3c4ccccc4C4(c5ccccc5C(=C(C#N)C#N)c5ccccc54)c4ccccc43)c2)c1. The fourth-order valence-corrected chi connectivity index (χ4v) is 8.66. The molecule has 3 heteroatoms. The van der Waals surface area contributed by atoms with Gasteiger partial charge in [-0.1, -0.05) is 142 Å². The van der Waals surface area contributed by atoms with Crippen LogP contribution in [-0.2, 0) is 18.3 Å². The molecule has 0 N–H and O–H groups in total. The smallest absolute Gasteiger partial charge is 0.138 e. The van der Waals surface area contributed by atoms with E-state index in [4.69, 9.17) is 0 Å². The summed E-state index contributed by atoms with van der Waals surface area (Å²) >= 11 is 0. The Labute approximate surface area is 307 Å². The molecule has 0 bridgehead atoms. The summed E-state index contributed by atoms with van der Waals surface area (Å²) in [6.07, 6.45) is 6.95. The minimum absolute atomic E-state index is 0.127. The van der Waals surface area contributed by atoms with Crippen molar-refractivity contribution in [3.8, 4) is 23.3 Å². The van der Waals surface area contributed by atoms with Crippen LogP contribution in [0.5, 0.6) is 0 Å². The van der Waals surface area contributed by atoms with Gasteiger partial charge in [-0.05, 0) is 106 Å². The number of anilines is 3. The third-order valence-electron chi connectivity index (χ3n) is 10.9. The van der Waals surface area contributed by atoms with Gasteiger partial charge in [-0.3, -0.25) is 0 Å². The highest BCUT2D eigenvalue weighted by Crippen LogP contribution is 2.62. The molecular weight excluding hydrogens is 631 g/mol. The summed E-state index contributed by atoms with van der Waals surface area (Å²) in [5.74, 6) is 0. The maximum Gasteiger partial charge on any atom is 0.138 e. The lowest BCUT2D eigenvalue weighted by atomic mass is 9.56. The molecule has 1 heterocycles. The van der Waals surface area contributed by atoms with Crippen LogP contribution in [0.25, 0.3) is 16.7 Å². The van der Waals surface area contributed by atoms with Gasteiger partial charge >= 0.3 is 0 Å². The fraction of sp³-hybridized carbons (Fsp3) is 0.184. The normalized spacial score (nSPS) is 13.3. The second kappa shape index (κ2) is 13.9. The van der Waals surface area contributed by atoms with Gasteiger partial charge in [-0.2, -0.15) is 10.5 Å². The Morgan fingerprint density at radius 1 is 0.538 bits per heavy atom. The van der Waals surface area contributed by atoms with Crippen molar-refractivity contribution < 1.29 is 0 Å². The largest absolute Gasteiger partial charge is 0.310 e. The first-order valence-electron chi connectivity index (χ1n) is 18.6. The first-order valence-corrected chi connectivity index (χ1v) is 18.6. The lowest BCUT2D eigenvalue weighted by Crippen LogP contribution is -2.40. The lowest BCUT2D eigenvalue weighted by molar-refractivity contribution is 0.718. The van der Waals surface area contributed by atoms with Gasteiger partial charge < -0.3 is 4.90 Å². The molecule has 1 aliphatic heterocycles. The van der Waals surface area contributed by atoms with E-state index >= 15 is 0 Å². The first-order chi connectivity index (χ1) is 25.6. The molecule has 6 aromatic carbocycles. The standard InChI is InChI=1S/C49H41N3/c1-3-5-16-34-28-35(17-6-4-2)30-37(29-34)36-18-15-19-39(31-36)52-46-26-13-11-24-44(46)49(45-25-12-14-27-47(45)52)42-22-9-7-20-40(42)48(38(32-50)33-51)41-21-8-10-23-43(41)49/h7-15,18-31H,3-6,16-17H2,1-2H3. The average Bonchev–Trinajstić information content (AvgIpc) is 3.20. The topological polar surface area (TPSA) is 50.8 Å². The minimum atomic E-state index is -0.685. The first kappa shape index (κ1) is 33.0. The van der Waals surface area contributed by atoms with Crippen LogP contribution >= 0.6 is 0 Å². The van der Waals surface area contributed by atoms with Gasteiger partial charge in [0, 0.05) is 11.3 Å². The molecule has 8 rings (SSSR count). The summed E-state index contributed by atoms with van der Waals surface area (Å²) in [7, 11) is 0. The van der Waals surface area contributed by atoms with E-state index in [1.165, 1.54) is 47.9 Å². The van der Waals surface area contributed by atoms with E-state index < -0.39 is 5.41 Å². The minimum Gasteiger partial charge on any atom is -0.310 e. The van der Waals surface area contributed by atoms with Crippen molar-refractivity contribution in [2.45, 2.75) is 57.8 Å². The third-order valence-corrected chi connectivity index (χ3v) is 10.9. The maximum atomic E-state index is 10.2. The van der Waals surface area contributed by atoms with Crippen LogP contribution in [0.4, 0.5) is 17.1 Å². The van der Waals surface area contributed by atoms with Crippen molar-refractivity contribution in [1.82, 2.24) is 0 Å². The molecule has 0 saturated heterocycles. The van der Waals surface area contributed by atoms with Gasteiger partial charge in [0.2, 0.25) is 0 Å². The summed E-state index contributed by atoms with van der Waals surface area (Å²) in [5, 5.41) is 20.4. The molecule has 1 spiro atoms. The van der Waals surface area contributed by atoms with Crippen LogP contribution in [0.15, 0.2) is 145 Å². The average molecular weight is 672 g/mol. The number of aryl methyl sites for hydroxylation is 2. The highest BCUT2D eigenvalue weighted by molar-refractivity contribution is 5.98. The predicted molar refractivity (Wildman–Crippen MR) is 213 cm³/mol. The van der Waals surface area contributed by atoms with E-state index in [2.05, 4.69) is 158 Å². The Bertz CT molecular complexity index is 2290. The number of nitrogens with zero attached hydrogens (tertiary/aromatic N) is 3. The summed E-state index contributed by atoms with van der Waals surface area (Å²) in [6, 6.07) is 54.9. The number of allylic oxidation sites excluding steroid dienone is 1. The highest BCUT2D eigenvalue weighted by Gasteiger charge is 2.51. The highest BCUT2D eigenvalue weighted by atomic mass is 15.2. The van der Waals surface area contributed by atoms with Gasteiger partial charge in [0.15, 0.2) is 0 Å². The van der Waals surface area contributed by atoms with Crippen molar-refractivity contribution in [3.63, 3.8) is 0 Å². The van der Waals surface area contributed by atoms with Gasteiger partial charge in [0.25, 0.3) is 0 Å². The van der Waals surface area contributed by atoms with Crippen LogP contribution in [0.2, 0.25) is 0 Å². The van der Waals surface area contributed by atoms with Crippen molar-refractivity contribution in [1.29, 1.82) is 10.5 Å². The van der Waals surface area contributed by atoms with Crippen molar-refractivity contribution in [3.05, 3.63) is 190 Å². The Balaban J connectivity index is 1.37. The fourth-order valence-electron chi connectivity index (χ4n) is 8.66. The molecular formula is C49H41N3. The zero-order valence-electron chi connectivity index (χ0n) is 29.9. The van der Waals surface area contributed by atoms with Gasteiger partial charge in [-0.25, -0.2) is 0 Å². The lowest BCUT2D eigenvalue weighted by Gasteiger charge is -2.49. The molecule has 2 aliphatic rings. The Morgan fingerprint density at radius 2 is 1.04 bits per heavy atom. The second-order valence-corrected chi connectivity index (χ2v) is 14.0. The number of nitriles is 2. The maximum absolute atomic E-state index is 10.2. The summed E-state index contributed by atoms with van der Waals surface area (Å²) < 4.78 is 0. The number of unbranched alkanes of at least 4 members (excludes halogenated alkanes) is 2. The van der Waals surface area contributed by atoms with E-state index in [0.29, 0.717) is 5.57 Å². The Kier molecular flexibility index (Phi) is 8.80. The van der Waals surface area contributed by atoms with E-state index in [-0.39, 0.29) is 5.57 Å². The number of para-hydroxylation sites is 2. The molecule has 0 fully saturated rings. The summed E-state index contributed by atoms with van der Waals surface area (Å²) in [6.45, 7) is 4.53. The van der Waals surface area contributed by atoms with E-state index in [0.717, 1.165) is 63.3 Å². The van der Waals surface area contributed by atoms with Crippen LogP contribution in [0, 0.1) is 22.7 Å². The molecule has 252 valence electrons. The van der Waals surface area contributed by atoms with Gasteiger partial charge in [0.1, 0.15) is 17.7 Å². The molecule has 0 aromatic heterocycles. The van der Waals surface area contributed by atoms with E-state index in [1.807, 2.05) is 12.1 Å². The zero-order valence-corrected chi connectivity index (χ0v) is 29.9. The molecule has 6 aromatic rings. The number of fused-ring (bicyclic) bond motifs is 8. The van der Waals surface area contributed by atoms with Crippen molar-refractivity contribution >= 4 is 22.6 Å². The number of hydrogen-bond acceptors (Lipinski definition) is 3. The predicted octanol–water partition coefficient (Wildman–Crippen LogP) is 12.4. The van der Waals surface area contributed by atoms with E-state index in [9.17, 15) is 10.5 Å². The van der Waals surface area contributed by atoms with Crippen molar-refractivity contribution in [2.75, 3.05) is 4.90 Å². The van der Waals surface area contributed by atoms with Crippen molar-refractivity contribution in [2.24, 2.45) is 0 Å². The molecule has 0 radical (unpaired) electrons. The second-order valence-electron chi connectivity index (χ2n) is 14.0. The number of rotatable bonds is 8. The Hall–Kier alpha value is -6.16. The van der Waals surface area contributed by atoms with Crippen LogP contribution in [-0.4, -0.2) is 0 Å². The molecule has 1 aliphatic carbocycles. The molecule has 52 heavy (non-hydrogen) atoms.